The normalized spacial score (nSPS) is 20.6. The summed E-state index contributed by atoms with van der Waals surface area (Å²) in [6.45, 7) is 2.17. The fourth-order valence-electron chi connectivity index (χ4n) is 3.63. The maximum atomic E-state index is 12.1. The molecule has 1 aliphatic heterocycles. The van der Waals surface area contributed by atoms with Crippen molar-refractivity contribution in [3.05, 3.63) is 24.3 Å². The molecule has 0 radical (unpaired) electrons. The smallest absolute Gasteiger partial charge is 0.224 e. The van der Waals surface area contributed by atoms with Crippen molar-refractivity contribution in [2.75, 3.05) is 25.5 Å². The van der Waals surface area contributed by atoms with Crippen LogP contribution in [0.25, 0.3) is 0 Å². The second kappa shape index (κ2) is 7.82. The zero-order valence-corrected chi connectivity index (χ0v) is 14.1. The molecule has 23 heavy (non-hydrogen) atoms. The predicted octanol–water partition coefficient (Wildman–Crippen LogP) is 3.68. The summed E-state index contributed by atoms with van der Waals surface area (Å²) >= 11 is 0. The molecule has 1 aromatic rings. The fraction of sp³-hybridized carbons (Fsp3) is 0.632. The molecule has 1 heterocycles. The van der Waals surface area contributed by atoms with Gasteiger partial charge in [-0.2, -0.15) is 0 Å². The molecule has 4 nitrogen and oxygen atoms in total. The van der Waals surface area contributed by atoms with Crippen LogP contribution in [0.5, 0.6) is 5.75 Å². The molecule has 0 unspecified atom stereocenters. The van der Waals surface area contributed by atoms with Gasteiger partial charge in [0.25, 0.3) is 0 Å². The quantitative estimate of drug-likeness (QED) is 0.901. The number of hydrogen-bond acceptors (Lipinski definition) is 3. The van der Waals surface area contributed by atoms with E-state index in [2.05, 4.69) is 17.3 Å². The van der Waals surface area contributed by atoms with Crippen LogP contribution in [0, 0.1) is 5.92 Å². The van der Waals surface area contributed by atoms with E-state index in [0.717, 1.165) is 37.4 Å². The maximum absolute atomic E-state index is 12.1. The van der Waals surface area contributed by atoms with Gasteiger partial charge in [-0.1, -0.05) is 18.9 Å². The standard InChI is InChI=1S/C19H28N2O2/c1-21-11-9-17(10-12-21)23-18-8-4-7-16(14-18)20-19(22)13-15-5-2-3-6-15/h4,7-8,14-15,17H,2-3,5-6,9-13H2,1H3,(H,20,22). The molecule has 1 aromatic carbocycles. The Hall–Kier alpha value is -1.55. The molecule has 1 amide bonds. The van der Waals surface area contributed by atoms with Crippen LogP contribution in [0.3, 0.4) is 0 Å². The summed E-state index contributed by atoms with van der Waals surface area (Å²) in [6, 6.07) is 7.82. The summed E-state index contributed by atoms with van der Waals surface area (Å²) in [5.74, 6) is 1.57. The van der Waals surface area contributed by atoms with Crippen LogP contribution in [-0.4, -0.2) is 37.0 Å². The zero-order chi connectivity index (χ0) is 16.1. The molecular weight excluding hydrogens is 288 g/mol. The molecule has 1 aliphatic carbocycles. The molecule has 0 spiro atoms. The van der Waals surface area contributed by atoms with Gasteiger partial charge in [0.15, 0.2) is 0 Å². The molecule has 1 saturated heterocycles. The van der Waals surface area contributed by atoms with E-state index in [1.165, 1.54) is 25.7 Å². The highest BCUT2D eigenvalue weighted by molar-refractivity contribution is 5.91. The minimum atomic E-state index is 0.133. The van der Waals surface area contributed by atoms with Gasteiger partial charge in [0.1, 0.15) is 11.9 Å². The molecule has 2 fully saturated rings. The minimum Gasteiger partial charge on any atom is -0.490 e. The fourth-order valence-corrected chi connectivity index (χ4v) is 3.63. The summed E-state index contributed by atoms with van der Waals surface area (Å²) in [4.78, 5) is 14.5. The Balaban J connectivity index is 1.51. The second-order valence-electron chi connectivity index (χ2n) is 7.05. The lowest BCUT2D eigenvalue weighted by Gasteiger charge is -2.29. The Morgan fingerprint density at radius 3 is 2.70 bits per heavy atom. The molecule has 126 valence electrons. The van der Waals surface area contributed by atoms with Gasteiger partial charge >= 0.3 is 0 Å². The number of nitrogens with zero attached hydrogens (tertiary/aromatic N) is 1. The van der Waals surface area contributed by atoms with Crippen LogP contribution in [-0.2, 0) is 4.79 Å². The number of likely N-dealkylation sites (tertiary alicyclic amines) is 1. The van der Waals surface area contributed by atoms with Crippen LogP contribution < -0.4 is 10.1 Å². The Morgan fingerprint density at radius 2 is 1.96 bits per heavy atom. The van der Waals surface area contributed by atoms with Gasteiger partial charge in [-0.05, 0) is 50.8 Å². The van der Waals surface area contributed by atoms with Gasteiger partial charge in [-0.3, -0.25) is 4.79 Å². The third-order valence-corrected chi connectivity index (χ3v) is 5.03. The summed E-state index contributed by atoms with van der Waals surface area (Å²) in [5, 5.41) is 3.03. The van der Waals surface area contributed by atoms with Crippen molar-refractivity contribution in [1.82, 2.24) is 4.90 Å². The molecule has 0 aromatic heterocycles. The zero-order valence-electron chi connectivity index (χ0n) is 14.1. The van der Waals surface area contributed by atoms with Gasteiger partial charge in [0.05, 0.1) is 0 Å². The molecule has 4 heteroatoms. The molecule has 2 aliphatic rings. The lowest BCUT2D eigenvalue weighted by Crippen LogP contribution is -2.35. The van der Waals surface area contributed by atoms with Crippen molar-refractivity contribution in [3.8, 4) is 5.75 Å². The largest absolute Gasteiger partial charge is 0.490 e. The van der Waals surface area contributed by atoms with Crippen LogP contribution in [0.2, 0.25) is 0 Å². The van der Waals surface area contributed by atoms with E-state index in [1.807, 2.05) is 24.3 Å². The summed E-state index contributed by atoms with van der Waals surface area (Å²) in [6.07, 6.45) is 8.02. The summed E-state index contributed by atoms with van der Waals surface area (Å²) in [5.41, 5.74) is 0.846. The monoisotopic (exact) mass is 316 g/mol. The van der Waals surface area contributed by atoms with Gasteiger partial charge in [0, 0.05) is 31.3 Å². The number of amides is 1. The maximum Gasteiger partial charge on any atom is 0.224 e. The Morgan fingerprint density at radius 1 is 1.22 bits per heavy atom. The molecular formula is C19H28N2O2. The lowest BCUT2D eigenvalue weighted by atomic mass is 10.0. The average molecular weight is 316 g/mol. The minimum absolute atomic E-state index is 0.133. The third-order valence-electron chi connectivity index (χ3n) is 5.03. The van der Waals surface area contributed by atoms with Gasteiger partial charge < -0.3 is 15.0 Å². The Labute approximate surface area is 139 Å². The highest BCUT2D eigenvalue weighted by atomic mass is 16.5. The lowest BCUT2D eigenvalue weighted by molar-refractivity contribution is -0.117. The van der Waals surface area contributed by atoms with Crippen molar-refractivity contribution in [3.63, 3.8) is 0 Å². The van der Waals surface area contributed by atoms with Crippen LogP contribution in [0.4, 0.5) is 5.69 Å². The van der Waals surface area contributed by atoms with E-state index in [-0.39, 0.29) is 12.0 Å². The van der Waals surface area contributed by atoms with Crippen LogP contribution >= 0.6 is 0 Å². The summed E-state index contributed by atoms with van der Waals surface area (Å²) < 4.78 is 6.08. The summed E-state index contributed by atoms with van der Waals surface area (Å²) in [7, 11) is 2.15. The van der Waals surface area contributed by atoms with Crippen molar-refractivity contribution < 1.29 is 9.53 Å². The van der Waals surface area contributed by atoms with Gasteiger partial charge in [0.2, 0.25) is 5.91 Å². The van der Waals surface area contributed by atoms with Gasteiger partial charge in [-0.15, -0.1) is 0 Å². The van der Waals surface area contributed by atoms with Crippen molar-refractivity contribution in [2.24, 2.45) is 5.92 Å². The Bertz CT molecular complexity index is 518. The molecule has 0 bridgehead atoms. The molecule has 3 rings (SSSR count). The first-order chi connectivity index (χ1) is 11.2. The van der Waals surface area contributed by atoms with E-state index in [0.29, 0.717) is 12.3 Å². The number of carbonyl (C=O) groups is 1. The predicted molar refractivity (Wildman–Crippen MR) is 92.8 cm³/mol. The van der Waals surface area contributed by atoms with Crippen molar-refractivity contribution in [2.45, 2.75) is 51.0 Å². The Kier molecular flexibility index (Phi) is 5.55. The second-order valence-corrected chi connectivity index (χ2v) is 7.05. The van der Waals surface area contributed by atoms with Crippen LogP contribution in [0.15, 0.2) is 24.3 Å². The third kappa shape index (κ3) is 4.96. The SMILES string of the molecule is CN1CCC(Oc2cccc(NC(=O)CC3CCCC3)c2)CC1. The van der Waals surface area contributed by atoms with E-state index in [9.17, 15) is 4.79 Å². The number of benzene rings is 1. The van der Waals surface area contributed by atoms with E-state index >= 15 is 0 Å². The first-order valence-corrected chi connectivity index (χ1v) is 8.94. The van der Waals surface area contributed by atoms with Crippen LogP contribution in [0.1, 0.15) is 44.9 Å². The first-order valence-electron chi connectivity index (χ1n) is 8.94. The van der Waals surface area contributed by atoms with E-state index in [1.54, 1.807) is 0 Å². The van der Waals surface area contributed by atoms with Crippen molar-refractivity contribution >= 4 is 11.6 Å². The van der Waals surface area contributed by atoms with E-state index in [4.69, 9.17) is 4.74 Å². The van der Waals surface area contributed by atoms with E-state index < -0.39 is 0 Å². The number of nitrogens with one attached hydrogen (secondary N) is 1. The van der Waals surface area contributed by atoms with Crippen molar-refractivity contribution in [1.29, 1.82) is 0 Å². The number of piperidine rings is 1. The highest BCUT2D eigenvalue weighted by Crippen LogP contribution is 2.28. The van der Waals surface area contributed by atoms with Gasteiger partial charge in [-0.25, -0.2) is 0 Å². The molecule has 0 atom stereocenters. The number of ether oxygens (including phenoxy) is 1. The molecule has 1 saturated carbocycles. The number of carbonyl (C=O) groups excluding carboxylic acids is 1. The highest BCUT2D eigenvalue weighted by Gasteiger charge is 2.19. The molecule has 1 N–H and O–H groups in total. The first kappa shape index (κ1) is 16.3. The number of rotatable bonds is 5. The average Bonchev–Trinajstić information content (AvgIpc) is 3.03. The topological polar surface area (TPSA) is 41.6 Å². The number of hydrogen-bond donors (Lipinski definition) is 1. The number of anilines is 1.